The summed E-state index contributed by atoms with van der Waals surface area (Å²) in [6.45, 7) is -0.434. The molecule has 2 amide bonds. The maximum Gasteiger partial charge on any atom is 0.341 e. The van der Waals surface area contributed by atoms with Crippen molar-refractivity contribution in [2.45, 2.75) is 0 Å². The van der Waals surface area contributed by atoms with E-state index in [0.29, 0.717) is 22.0 Å². The number of imide groups is 1. The zero-order chi connectivity index (χ0) is 18.7. The van der Waals surface area contributed by atoms with Crippen molar-refractivity contribution < 1.29 is 24.2 Å². The fourth-order valence-corrected chi connectivity index (χ4v) is 3.32. The van der Waals surface area contributed by atoms with Crippen LogP contribution in [0.3, 0.4) is 0 Å². The van der Waals surface area contributed by atoms with Crippen LogP contribution in [0.1, 0.15) is 5.56 Å². The number of carboxylic acids is 1. The lowest BCUT2D eigenvalue weighted by molar-refractivity contribution is -0.139. The van der Waals surface area contributed by atoms with Crippen LogP contribution in [0.5, 0.6) is 5.75 Å². The van der Waals surface area contributed by atoms with Crippen LogP contribution >= 0.6 is 23.4 Å². The SMILES string of the molecule is O=C(O)COc1ccc(/C=C2/SC(=O)N(c3ccccc3Cl)C2=O)cc1. The van der Waals surface area contributed by atoms with E-state index in [2.05, 4.69) is 0 Å². The van der Waals surface area contributed by atoms with Gasteiger partial charge in [-0.2, -0.15) is 0 Å². The molecular weight excluding hydrogens is 378 g/mol. The number of carboxylic acid groups (broad SMARTS) is 1. The van der Waals surface area contributed by atoms with Crippen molar-refractivity contribution in [3.05, 3.63) is 64.0 Å². The second-order valence-corrected chi connectivity index (χ2v) is 6.62. The third-order valence-corrected chi connectivity index (χ3v) is 4.62. The van der Waals surface area contributed by atoms with Crippen LogP contribution in [-0.2, 0) is 9.59 Å². The maximum atomic E-state index is 12.6. The molecule has 6 nitrogen and oxygen atoms in total. The zero-order valence-electron chi connectivity index (χ0n) is 13.2. The standard InChI is InChI=1S/C18H12ClNO5S/c19-13-3-1-2-4-14(13)20-17(23)15(26-18(20)24)9-11-5-7-12(8-6-11)25-10-16(21)22/h1-9H,10H2,(H,21,22)/b15-9+. The number of hydrogen-bond donors (Lipinski definition) is 1. The van der Waals surface area contributed by atoms with Crippen molar-refractivity contribution in [3.8, 4) is 5.75 Å². The van der Waals surface area contributed by atoms with Crippen molar-refractivity contribution in [3.63, 3.8) is 0 Å². The summed E-state index contributed by atoms with van der Waals surface area (Å²) >= 11 is 6.91. The van der Waals surface area contributed by atoms with Gasteiger partial charge in [-0.25, -0.2) is 9.69 Å². The van der Waals surface area contributed by atoms with Gasteiger partial charge in [-0.05, 0) is 47.7 Å². The van der Waals surface area contributed by atoms with E-state index in [9.17, 15) is 14.4 Å². The number of rotatable bonds is 5. The molecule has 0 aliphatic carbocycles. The van der Waals surface area contributed by atoms with Crippen molar-refractivity contribution in [2.75, 3.05) is 11.5 Å². The van der Waals surface area contributed by atoms with Gasteiger partial charge in [-0.1, -0.05) is 35.9 Å². The summed E-state index contributed by atoms with van der Waals surface area (Å²) in [4.78, 5) is 36.6. The van der Waals surface area contributed by atoms with Crippen molar-refractivity contribution in [2.24, 2.45) is 0 Å². The Kier molecular flexibility index (Phi) is 5.29. The highest BCUT2D eigenvalue weighted by atomic mass is 35.5. The van der Waals surface area contributed by atoms with Gasteiger partial charge < -0.3 is 9.84 Å². The van der Waals surface area contributed by atoms with Crippen molar-refractivity contribution >= 4 is 52.2 Å². The fraction of sp³-hybridized carbons (Fsp3) is 0.0556. The molecule has 1 heterocycles. The van der Waals surface area contributed by atoms with Gasteiger partial charge in [-0.3, -0.25) is 9.59 Å². The minimum atomic E-state index is -1.07. The van der Waals surface area contributed by atoms with Gasteiger partial charge in [-0.15, -0.1) is 0 Å². The molecule has 0 saturated carbocycles. The Labute approximate surface area is 158 Å². The Morgan fingerprint density at radius 3 is 2.50 bits per heavy atom. The molecule has 0 spiro atoms. The lowest BCUT2D eigenvalue weighted by atomic mass is 10.2. The van der Waals surface area contributed by atoms with Crippen molar-refractivity contribution in [1.82, 2.24) is 0 Å². The molecule has 2 aromatic rings. The second-order valence-electron chi connectivity index (χ2n) is 5.22. The molecule has 132 valence electrons. The number of nitrogens with zero attached hydrogens (tertiary/aromatic N) is 1. The van der Waals surface area contributed by atoms with Gasteiger partial charge in [0.25, 0.3) is 11.1 Å². The van der Waals surface area contributed by atoms with E-state index in [0.717, 1.165) is 16.7 Å². The Morgan fingerprint density at radius 1 is 1.15 bits per heavy atom. The maximum absolute atomic E-state index is 12.6. The van der Waals surface area contributed by atoms with Gasteiger partial charge in [0.05, 0.1) is 15.6 Å². The average Bonchev–Trinajstić information content (AvgIpc) is 2.88. The first-order valence-electron chi connectivity index (χ1n) is 7.43. The number of anilines is 1. The summed E-state index contributed by atoms with van der Waals surface area (Å²) in [5, 5.41) is 8.49. The van der Waals surface area contributed by atoms with Crippen LogP contribution in [0.2, 0.25) is 5.02 Å². The highest BCUT2D eigenvalue weighted by Crippen LogP contribution is 2.38. The number of carbonyl (C=O) groups excluding carboxylic acids is 2. The Hall–Kier alpha value is -2.77. The summed E-state index contributed by atoms with van der Waals surface area (Å²) in [6, 6.07) is 13.1. The van der Waals surface area contributed by atoms with Gasteiger partial charge >= 0.3 is 5.97 Å². The van der Waals surface area contributed by atoms with Crippen LogP contribution in [0.15, 0.2) is 53.4 Å². The normalized spacial score (nSPS) is 15.6. The Bertz CT molecular complexity index is 910. The monoisotopic (exact) mass is 389 g/mol. The van der Waals surface area contributed by atoms with Crippen LogP contribution in [-0.4, -0.2) is 28.8 Å². The molecule has 0 aromatic heterocycles. The second kappa shape index (κ2) is 7.63. The van der Waals surface area contributed by atoms with Gasteiger partial charge in [0, 0.05) is 0 Å². The number of thioether (sulfide) groups is 1. The molecule has 1 N–H and O–H groups in total. The van der Waals surface area contributed by atoms with E-state index in [1.807, 2.05) is 0 Å². The van der Waals surface area contributed by atoms with E-state index < -0.39 is 23.7 Å². The third-order valence-electron chi connectivity index (χ3n) is 3.43. The van der Waals surface area contributed by atoms with Gasteiger partial charge in [0.1, 0.15) is 5.75 Å². The molecule has 3 rings (SSSR count). The van der Waals surface area contributed by atoms with Crippen LogP contribution in [0, 0.1) is 0 Å². The fourth-order valence-electron chi connectivity index (χ4n) is 2.27. The molecular formula is C18H12ClNO5S. The number of amides is 2. The largest absolute Gasteiger partial charge is 0.482 e. The lowest BCUT2D eigenvalue weighted by Crippen LogP contribution is -2.27. The van der Waals surface area contributed by atoms with Crippen LogP contribution < -0.4 is 9.64 Å². The number of carbonyl (C=O) groups is 3. The van der Waals surface area contributed by atoms with Crippen LogP contribution in [0.4, 0.5) is 10.5 Å². The molecule has 1 fully saturated rings. The van der Waals surface area contributed by atoms with Gasteiger partial charge in [0.15, 0.2) is 6.61 Å². The zero-order valence-corrected chi connectivity index (χ0v) is 14.8. The Morgan fingerprint density at radius 2 is 1.85 bits per heavy atom. The highest BCUT2D eigenvalue weighted by molar-refractivity contribution is 8.19. The average molecular weight is 390 g/mol. The molecule has 0 radical (unpaired) electrons. The molecule has 0 unspecified atom stereocenters. The number of halogens is 1. The first-order valence-corrected chi connectivity index (χ1v) is 8.62. The number of hydrogen-bond acceptors (Lipinski definition) is 5. The molecule has 26 heavy (non-hydrogen) atoms. The smallest absolute Gasteiger partial charge is 0.341 e. The van der Waals surface area contributed by atoms with E-state index in [-0.39, 0.29) is 4.91 Å². The number of aliphatic carboxylic acids is 1. The first-order chi connectivity index (χ1) is 12.5. The number of ether oxygens (including phenoxy) is 1. The third kappa shape index (κ3) is 3.89. The summed E-state index contributed by atoms with van der Waals surface area (Å²) in [7, 11) is 0. The molecule has 1 aliphatic heterocycles. The molecule has 0 bridgehead atoms. The number of benzene rings is 2. The topological polar surface area (TPSA) is 83.9 Å². The summed E-state index contributed by atoms with van der Waals surface area (Å²) in [6.07, 6.45) is 1.59. The van der Waals surface area contributed by atoms with E-state index in [1.54, 1.807) is 54.6 Å². The van der Waals surface area contributed by atoms with E-state index in [4.69, 9.17) is 21.4 Å². The minimum Gasteiger partial charge on any atom is -0.482 e. The molecule has 2 aromatic carbocycles. The van der Waals surface area contributed by atoms with Crippen LogP contribution in [0.25, 0.3) is 6.08 Å². The molecule has 0 atom stereocenters. The van der Waals surface area contributed by atoms with E-state index in [1.165, 1.54) is 0 Å². The predicted molar refractivity (Wildman–Crippen MR) is 99.5 cm³/mol. The van der Waals surface area contributed by atoms with Crippen molar-refractivity contribution in [1.29, 1.82) is 0 Å². The summed E-state index contributed by atoms with van der Waals surface area (Å²) in [5.74, 6) is -1.12. The summed E-state index contributed by atoms with van der Waals surface area (Å²) in [5.41, 5.74) is 1.02. The van der Waals surface area contributed by atoms with Gasteiger partial charge in [0.2, 0.25) is 0 Å². The quantitative estimate of drug-likeness (QED) is 0.777. The Balaban J connectivity index is 1.80. The molecule has 1 aliphatic rings. The highest BCUT2D eigenvalue weighted by Gasteiger charge is 2.37. The minimum absolute atomic E-state index is 0.272. The summed E-state index contributed by atoms with van der Waals surface area (Å²) < 4.78 is 5.05. The molecule has 1 saturated heterocycles. The number of para-hydroxylation sites is 1. The predicted octanol–water partition coefficient (Wildman–Crippen LogP) is 4.04. The van der Waals surface area contributed by atoms with E-state index >= 15 is 0 Å². The first kappa shape index (κ1) is 18.0. The lowest BCUT2D eigenvalue weighted by Gasteiger charge is -2.13. The molecule has 8 heteroatoms.